The number of nitrogens with zero attached hydrogens (tertiary/aromatic N) is 3. The summed E-state index contributed by atoms with van der Waals surface area (Å²) in [5, 5.41) is 9.97. The van der Waals surface area contributed by atoms with Crippen LogP contribution in [0.3, 0.4) is 0 Å². The molecule has 1 aromatic rings. The van der Waals surface area contributed by atoms with E-state index in [1.165, 1.54) is 0 Å². The Morgan fingerprint density at radius 3 is 3.00 bits per heavy atom. The van der Waals surface area contributed by atoms with Crippen molar-refractivity contribution in [2.24, 2.45) is 0 Å². The Kier molecular flexibility index (Phi) is 3.51. The van der Waals surface area contributed by atoms with Crippen LogP contribution in [0.5, 0.6) is 0 Å². The largest absolute Gasteiger partial charge is 0.392 e. The molecule has 5 heteroatoms. The number of aliphatic hydroxyl groups is 1. The zero-order chi connectivity index (χ0) is 10.7. The molecule has 0 unspecified atom stereocenters. The Morgan fingerprint density at radius 2 is 2.27 bits per heavy atom. The van der Waals surface area contributed by atoms with Crippen LogP contribution in [0.25, 0.3) is 0 Å². The number of rotatable bonds is 2. The van der Waals surface area contributed by atoms with Crippen LogP contribution in [-0.4, -0.2) is 39.2 Å². The maximum atomic E-state index is 9.52. The van der Waals surface area contributed by atoms with Gasteiger partial charge in [-0.1, -0.05) is 11.6 Å². The number of halogens is 1. The summed E-state index contributed by atoms with van der Waals surface area (Å²) >= 11 is 5.92. The standard InChI is InChI=1S/C10H14ClN3O/c11-10-9(12-3-4-13-10)7-14-5-1-2-8(15)6-14/h3-4,8,15H,1-2,5-7H2/t8-/m0/s1. The molecule has 1 saturated heterocycles. The van der Waals surface area contributed by atoms with Crippen molar-refractivity contribution in [3.63, 3.8) is 0 Å². The lowest BCUT2D eigenvalue weighted by Gasteiger charge is -2.29. The van der Waals surface area contributed by atoms with Crippen molar-refractivity contribution < 1.29 is 5.11 Å². The SMILES string of the molecule is O[C@H]1CCCN(Cc2nccnc2Cl)C1. The highest BCUT2D eigenvalue weighted by atomic mass is 35.5. The summed E-state index contributed by atoms with van der Waals surface area (Å²) in [6, 6.07) is 0. The molecule has 1 N–H and O–H groups in total. The van der Waals surface area contributed by atoms with Crippen molar-refractivity contribution in [2.45, 2.75) is 25.5 Å². The van der Waals surface area contributed by atoms with Crippen LogP contribution in [0.15, 0.2) is 12.4 Å². The van der Waals surface area contributed by atoms with Gasteiger partial charge in [0.1, 0.15) is 0 Å². The maximum Gasteiger partial charge on any atom is 0.151 e. The van der Waals surface area contributed by atoms with E-state index in [4.69, 9.17) is 11.6 Å². The van der Waals surface area contributed by atoms with E-state index in [1.54, 1.807) is 12.4 Å². The molecule has 0 spiro atoms. The first-order valence-electron chi connectivity index (χ1n) is 5.11. The number of aliphatic hydroxyl groups excluding tert-OH is 1. The van der Waals surface area contributed by atoms with E-state index in [9.17, 15) is 5.11 Å². The van der Waals surface area contributed by atoms with Gasteiger partial charge in [-0.2, -0.15) is 0 Å². The number of aromatic nitrogens is 2. The number of hydrogen-bond donors (Lipinski definition) is 1. The summed E-state index contributed by atoms with van der Waals surface area (Å²) in [6.07, 6.45) is 4.93. The monoisotopic (exact) mass is 227 g/mol. The minimum atomic E-state index is -0.214. The summed E-state index contributed by atoms with van der Waals surface area (Å²) in [6.45, 7) is 2.36. The molecule has 2 heterocycles. The van der Waals surface area contributed by atoms with Gasteiger partial charge in [-0.3, -0.25) is 9.88 Å². The normalized spacial score (nSPS) is 22.9. The number of β-amino-alcohol motifs (C(OH)–C–C–N with tert-alkyl or cyclic N) is 1. The van der Waals surface area contributed by atoms with Crippen LogP contribution in [-0.2, 0) is 6.54 Å². The van der Waals surface area contributed by atoms with Crippen molar-refractivity contribution in [3.05, 3.63) is 23.2 Å². The number of hydrogen-bond acceptors (Lipinski definition) is 4. The predicted octanol–water partition coefficient (Wildman–Crippen LogP) is 1.09. The van der Waals surface area contributed by atoms with Crippen LogP contribution in [0.2, 0.25) is 5.15 Å². The van der Waals surface area contributed by atoms with E-state index in [0.29, 0.717) is 18.2 Å². The van der Waals surface area contributed by atoms with E-state index < -0.39 is 0 Å². The third kappa shape index (κ3) is 2.87. The molecule has 0 aliphatic carbocycles. The molecule has 1 fully saturated rings. The molecule has 1 atom stereocenters. The highest BCUT2D eigenvalue weighted by Gasteiger charge is 2.18. The third-order valence-electron chi connectivity index (χ3n) is 2.58. The Bertz CT molecular complexity index is 334. The molecule has 0 aromatic carbocycles. The molecule has 0 amide bonds. The lowest BCUT2D eigenvalue weighted by molar-refractivity contribution is 0.0661. The molecule has 82 valence electrons. The highest BCUT2D eigenvalue weighted by Crippen LogP contribution is 2.15. The van der Waals surface area contributed by atoms with Crippen molar-refractivity contribution in [1.29, 1.82) is 0 Å². The van der Waals surface area contributed by atoms with Crippen molar-refractivity contribution in [1.82, 2.24) is 14.9 Å². The summed E-state index contributed by atoms with van der Waals surface area (Å²) in [5.41, 5.74) is 0.785. The molecule has 0 bridgehead atoms. The van der Waals surface area contributed by atoms with Gasteiger partial charge < -0.3 is 5.11 Å². The second kappa shape index (κ2) is 4.88. The first kappa shape index (κ1) is 10.8. The average Bonchev–Trinajstić information content (AvgIpc) is 2.22. The quantitative estimate of drug-likeness (QED) is 0.822. The summed E-state index contributed by atoms with van der Waals surface area (Å²) < 4.78 is 0. The van der Waals surface area contributed by atoms with Crippen molar-refractivity contribution in [3.8, 4) is 0 Å². The van der Waals surface area contributed by atoms with E-state index in [1.807, 2.05) is 0 Å². The Morgan fingerprint density at radius 1 is 1.47 bits per heavy atom. The van der Waals surface area contributed by atoms with Crippen molar-refractivity contribution in [2.75, 3.05) is 13.1 Å². The van der Waals surface area contributed by atoms with Gasteiger partial charge in [0.05, 0.1) is 11.8 Å². The zero-order valence-electron chi connectivity index (χ0n) is 8.43. The van der Waals surface area contributed by atoms with Crippen LogP contribution < -0.4 is 0 Å². The van der Waals surface area contributed by atoms with Gasteiger partial charge in [0.25, 0.3) is 0 Å². The smallest absolute Gasteiger partial charge is 0.151 e. The summed E-state index contributed by atoms with van der Waals surface area (Å²) in [4.78, 5) is 10.3. The molecule has 2 rings (SSSR count). The molecule has 1 aliphatic heterocycles. The molecule has 4 nitrogen and oxygen atoms in total. The van der Waals surface area contributed by atoms with E-state index >= 15 is 0 Å². The molecular formula is C10H14ClN3O. The second-order valence-corrected chi connectivity index (χ2v) is 4.18. The fraction of sp³-hybridized carbons (Fsp3) is 0.600. The Labute approximate surface area is 93.9 Å². The van der Waals surface area contributed by atoms with Gasteiger partial charge >= 0.3 is 0 Å². The van der Waals surface area contributed by atoms with Crippen LogP contribution in [0.4, 0.5) is 0 Å². The fourth-order valence-electron chi connectivity index (χ4n) is 1.84. The molecule has 1 aromatic heterocycles. The van der Waals surface area contributed by atoms with Gasteiger partial charge in [-0.25, -0.2) is 4.98 Å². The average molecular weight is 228 g/mol. The van der Waals surface area contributed by atoms with Crippen molar-refractivity contribution >= 4 is 11.6 Å². The van der Waals surface area contributed by atoms with Gasteiger partial charge in [-0.15, -0.1) is 0 Å². The molecule has 0 radical (unpaired) electrons. The number of piperidine rings is 1. The fourth-order valence-corrected chi connectivity index (χ4v) is 2.01. The maximum absolute atomic E-state index is 9.52. The van der Waals surface area contributed by atoms with Crippen LogP contribution >= 0.6 is 11.6 Å². The van der Waals surface area contributed by atoms with Gasteiger partial charge in [-0.05, 0) is 19.4 Å². The summed E-state index contributed by atoms with van der Waals surface area (Å²) in [7, 11) is 0. The molecule has 1 aliphatic rings. The van der Waals surface area contributed by atoms with E-state index in [2.05, 4.69) is 14.9 Å². The van der Waals surface area contributed by atoms with Gasteiger partial charge in [0.2, 0.25) is 0 Å². The first-order chi connectivity index (χ1) is 7.25. The number of likely N-dealkylation sites (tertiary alicyclic amines) is 1. The molecular weight excluding hydrogens is 214 g/mol. The van der Waals surface area contributed by atoms with E-state index in [0.717, 1.165) is 25.1 Å². The molecule has 15 heavy (non-hydrogen) atoms. The minimum Gasteiger partial charge on any atom is -0.392 e. The minimum absolute atomic E-state index is 0.214. The molecule has 0 saturated carbocycles. The Hall–Kier alpha value is -0.710. The van der Waals surface area contributed by atoms with Gasteiger partial charge in [0, 0.05) is 25.5 Å². The van der Waals surface area contributed by atoms with Crippen LogP contribution in [0, 0.1) is 0 Å². The third-order valence-corrected chi connectivity index (χ3v) is 2.89. The summed E-state index contributed by atoms with van der Waals surface area (Å²) in [5.74, 6) is 0. The topological polar surface area (TPSA) is 49.2 Å². The second-order valence-electron chi connectivity index (χ2n) is 3.83. The lowest BCUT2D eigenvalue weighted by atomic mass is 10.1. The predicted molar refractivity (Wildman–Crippen MR) is 57.6 cm³/mol. The highest BCUT2D eigenvalue weighted by molar-refractivity contribution is 6.29. The zero-order valence-corrected chi connectivity index (χ0v) is 9.19. The first-order valence-corrected chi connectivity index (χ1v) is 5.49. The van der Waals surface area contributed by atoms with Gasteiger partial charge in [0.15, 0.2) is 5.15 Å². The Balaban J connectivity index is 1.99. The lowest BCUT2D eigenvalue weighted by Crippen LogP contribution is -2.37. The van der Waals surface area contributed by atoms with E-state index in [-0.39, 0.29) is 6.10 Å². The van der Waals surface area contributed by atoms with Crippen LogP contribution in [0.1, 0.15) is 18.5 Å².